The van der Waals surface area contributed by atoms with E-state index in [0.29, 0.717) is 12.8 Å². The monoisotopic (exact) mass is 366 g/mol. The van der Waals surface area contributed by atoms with E-state index >= 15 is 0 Å². The highest BCUT2D eigenvalue weighted by molar-refractivity contribution is 6.03. The Hall–Kier alpha value is -1.79. The number of aromatic hydroxyl groups is 3. The Bertz CT molecular complexity index is 699. The molecule has 6 nitrogen and oxygen atoms in total. The SMILES string of the molecule is CC(C)C(=O)c1c(O)cc(O)c(C[C@@H]2[C@@H](C(C)(C)O)CC[C@]2(C)O)c1O. The van der Waals surface area contributed by atoms with Crippen LogP contribution < -0.4 is 0 Å². The third-order valence-electron chi connectivity index (χ3n) is 5.71. The lowest BCUT2D eigenvalue weighted by Gasteiger charge is -2.36. The van der Waals surface area contributed by atoms with Crippen LogP contribution in [0, 0.1) is 17.8 Å². The van der Waals surface area contributed by atoms with Gasteiger partial charge in [0.1, 0.15) is 22.8 Å². The van der Waals surface area contributed by atoms with Gasteiger partial charge in [-0.25, -0.2) is 0 Å². The van der Waals surface area contributed by atoms with E-state index in [9.17, 15) is 30.3 Å². The number of ketones is 1. The molecule has 1 aliphatic rings. The van der Waals surface area contributed by atoms with Crippen molar-refractivity contribution in [3.63, 3.8) is 0 Å². The number of phenolic OH excluding ortho intramolecular Hbond substituents is 3. The second-order valence-electron chi connectivity index (χ2n) is 8.60. The predicted molar refractivity (Wildman–Crippen MR) is 97.4 cm³/mol. The van der Waals surface area contributed by atoms with E-state index in [4.69, 9.17) is 0 Å². The largest absolute Gasteiger partial charge is 0.507 e. The van der Waals surface area contributed by atoms with Crippen LogP contribution in [0.1, 0.15) is 63.4 Å². The van der Waals surface area contributed by atoms with Crippen LogP contribution in [0.4, 0.5) is 0 Å². The van der Waals surface area contributed by atoms with Gasteiger partial charge in [-0.3, -0.25) is 4.79 Å². The lowest BCUT2D eigenvalue weighted by atomic mass is 9.75. The summed E-state index contributed by atoms with van der Waals surface area (Å²) in [7, 11) is 0. The number of benzene rings is 1. The quantitative estimate of drug-likeness (QED) is 0.511. The van der Waals surface area contributed by atoms with Gasteiger partial charge < -0.3 is 25.5 Å². The number of phenols is 3. The summed E-state index contributed by atoms with van der Waals surface area (Å²) in [5.74, 6) is -2.81. The van der Waals surface area contributed by atoms with Crippen LogP contribution in [0.2, 0.25) is 0 Å². The molecule has 6 heteroatoms. The van der Waals surface area contributed by atoms with Gasteiger partial charge in [0.2, 0.25) is 0 Å². The lowest BCUT2D eigenvalue weighted by Crippen LogP contribution is -2.41. The first-order valence-electron chi connectivity index (χ1n) is 9.03. The fourth-order valence-corrected chi connectivity index (χ4v) is 4.11. The molecule has 1 aromatic carbocycles. The van der Waals surface area contributed by atoms with E-state index < -0.39 is 40.3 Å². The van der Waals surface area contributed by atoms with Gasteiger partial charge in [0.25, 0.3) is 0 Å². The highest BCUT2D eigenvalue weighted by Gasteiger charge is 2.49. The van der Waals surface area contributed by atoms with Gasteiger partial charge >= 0.3 is 0 Å². The normalized spacial score (nSPS) is 26.5. The molecule has 0 unspecified atom stereocenters. The Morgan fingerprint density at radius 3 is 2.35 bits per heavy atom. The van der Waals surface area contributed by atoms with Gasteiger partial charge in [-0.05, 0) is 51.9 Å². The molecule has 0 spiro atoms. The van der Waals surface area contributed by atoms with Crippen LogP contribution in [0.15, 0.2) is 6.07 Å². The molecule has 0 heterocycles. The van der Waals surface area contributed by atoms with Crippen LogP contribution in [0.3, 0.4) is 0 Å². The molecule has 2 rings (SSSR count). The lowest BCUT2D eigenvalue weighted by molar-refractivity contribution is -0.0467. The first-order valence-corrected chi connectivity index (χ1v) is 9.03. The van der Waals surface area contributed by atoms with Crippen molar-refractivity contribution in [3.05, 3.63) is 17.2 Å². The Balaban J connectivity index is 2.52. The molecule has 5 N–H and O–H groups in total. The standard InChI is InChI=1S/C20H30O6/c1-10(2)17(23)16-15(22)9-14(21)11(18(16)24)8-13-12(19(3,4)25)6-7-20(13,5)26/h9-10,12-13,21-22,24-26H,6-8H2,1-5H3/t12-,13+,20-/m0/s1. The molecule has 0 amide bonds. The molecular weight excluding hydrogens is 336 g/mol. The fraction of sp³-hybridized carbons (Fsp3) is 0.650. The maximum atomic E-state index is 12.3. The number of carbonyl (C=O) groups is 1. The van der Waals surface area contributed by atoms with E-state index in [1.54, 1.807) is 34.6 Å². The zero-order valence-electron chi connectivity index (χ0n) is 16.1. The van der Waals surface area contributed by atoms with Crippen LogP contribution in [-0.4, -0.2) is 42.5 Å². The maximum absolute atomic E-state index is 12.3. The third kappa shape index (κ3) is 3.67. The average Bonchev–Trinajstić information content (AvgIpc) is 2.77. The molecule has 0 saturated heterocycles. The second-order valence-corrected chi connectivity index (χ2v) is 8.60. The van der Waals surface area contributed by atoms with E-state index in [-0.39, 0.29) is 29.2 Å². The minimum absolute atomic E-state index is 0.0813. The van der Waals surface area contributed by atoms with Crippen molar-refractivity contribution in [1.29, 1.82) is 0 Å². The number of aliphatic hydroxyl groups is 2. The van der Waals surface area contributed by atoms with Gasteiger partial charge in [-0.15, -0.1) is 0 Å². The number of carbonyl (C=O) groups excluding carboxylic acids is 1. The number of Topliss-reactive ketones (excluding diaryl/α,β-unsaturated/α-hetero) is 1. The fourth-order valence-electron chi connectivity index (χ4n) is 4.11. The number of hydrogen-bond acceptors (Lipinski definition) is 6. The molecule has 0 bridgehead atoms. The van der Waals surface area contributed by atoms with Gasteiger partial charge in [0.05, 0.1) is 11.2 Å². The average molecular weight is 366 g/mol. The molecule has 1 fully saturated rings. The van der Waals surface area contributed by atoms with E-state index in [1.807, 2.05) is 0 Å². The minimum atomic E-state index is -1.08. The van der Waals surface area contributed by atoms with Gasteiger partial charge in [0, 0.05) is 17.5 Å². The zero-order valence-corrected chi connectivity index (χ0v) is 16.1. The predicted octanol–water partition coefficient (Wildman–Crippen LogP) is 2.73. The van der Waals surface area contributed by atoms with E-state index in [1.165, 1.54) is 0 Å². The molecule has 146 valence electrons. The smallest absolute Gasteiger partial charge is 0.172 e. The van der Waals surface area contributed by atoms with Crippen molar-refractivity contribution >= 4 is 5.78 Å². The number of rotatable bonds is 5. The molecule has 0 aliphatic heterocycles. The summed E-state index contributed by atoms with van der Waals surface area (Å²) < 4.78 is 0. The summed E-state index contributed by atoms with van der Waals surface area (Å²) in [5, 5.41) is 52.1. The van der Waals surface area contributed by atoms with Crippen molar-refractivity contribution in [2.75, 3.05) is 0 Å². The summed E-state index contributed by atoms with van der Waals surface area (Å²) in [6.07, 6.45) is 1.18. The van der Waals surface area contributed by atoms with E-state index in [2.05, 4.69) is 0 Å². The third-order valence-corrected chi connectivity index (χ3v) is 5.71. The highest BCUT2D eigenvalue weighted by atomic mass is 16.3. The van der Waals surface area contributed by atoms with Crippen molar-refractivity contribution < 1.29 is 30.3 Å². The molecule has 26 heavy (non-hydrogen) atoms. The van der Waals surface area contributed by atoms with Crippen molar-refractivity contribution in [2.24, 2.45) is 17.8 Å². The minimum Gasteiger partial charge on any atom is -0.507 e. The Morgan fingerprint density at radius 2 is 1.85 bits per heavy atom. The summed E-state index contributed by atoms with van der Waals surface area (Å²) >= 11 is 0. The van der Waals surface area contributed by atoms with Gasteiger partial charge in [0.15, 0.2) is 5.78 Å². The van der Waals surface area contributed by atoms with Crippen LogP contribution in [0.5, 0.6) is 17.2 Å². The summed E-state index contributed by atoms with van der Waals surface area (Å²) in [5.41, 5.74) is -2.23. The molecule has 0 aromatic heterocycles. The Morgan fingerprint density at radius 1 is 1.27 bits per heavy atom. The molecular formula is C20H30O6. The maximum Gasteiger partial charge on any atom is 0.172 e. The topological polar surface area (TPSA) is 118 Å². The summed E-state index contributed by atoms with van der Waals surface area (Å²) in [6.45, 7) is 8.34. The molecule has 1 aromatic rings. The van der Waals surface area contributed by atoms with Crippen LogP contribution in [0.25, 0.3) is 0 Å². The Kier molecular flexibility index (Phi) is 5.32. The van der Waals surface area contributed by atoms with E-state index in [0.717, 1.165) is 6.07 Å². The van der Waals surface area contributed by atoms with Crippen molar-refractivity contribution in [1.82, 2.24) is 0 Å². The highest BCUT2D eigenvalue weighted by Crippen LogP contribution is 2.49. The number of hydrogen-bond donors (Lipinski definition) is 5. The van der Waals surface area contributed by atoms with Crippen LogP contribution in [-0.2, 0) is 6.42 Å². The second kappa shape index (κ2) is 6.74. The van der Waals surface area contributed by atoms with Crippen LogP contribution >= 0.6 is 0 Å². The van der Waals surface area contributed by atoms with Crippen molar-refractivity contribution in [3.8, 4) is 17.2 Å². The molecule has 0 radical (unpaired) electrons. The molecule has 1 saturated carbocycles. The Labute approximate surface area is 154 Å². The zero-order chi connectivity index (χ0) is 20.0. The first-order chi connectivity index (χ1) is 11.8. The summed E-state index contributed by atoms with van der Waals surface area (Å²) in [4.78, 5) is 12.3. The first kappa shape index (κ1) is 20.5. The van der Waals surface area contributed by atoms with Gasteiger partial charge in [-0.1, -0.05) is 13.8 Å². The van der Waals surface area contributed by atoms with Gasteiger partial charge in [-0.2, -0.15) is 0 Å². The molecule has 1 aliphatic carbocycles. The van der Waals surface area contributed by atoms with Crippen molar-refractivity contribution in [2.45, 2.75) is 65.1 Å². The molecule has 3 atom stereocenters. The summed E-state index contributed by atoms with van der Waals surface area (Å²) in [6, 6.07) is 1.05.